The van der Waals surface area contributed by atoms with Crippen LogP contribution in [0.2, 0.25) is 0 Å². The lowest BCUT2D eigenvalue weighted by atomic mass is 9.99. The van der Waals surface area contributed by atoms with Crippen molar-refractivity contribution in [3.8, 4) is 0 Å². The highest BCUT2D eigenvalue weighted by Gasteiger charge is 2.40. The topological polar surface area (TPSA) is 37.4 Å². The molecule has 0 saturated heterocycles. The van der Waals surface area contributed by atoms with E-state index in [1.807, 2.05) is 62.4 Å². The van der Waals surface area contributed by atoms with Gasteiger partial charge in [0.15, 0.2) is 0 Å². The predicted octanol–water partition coefficient (Wildman–Crippen LogP) is 5.66. The number of thioether (sulfide) groups is 1. The van der Waals surface area contributed by atoms with E-state index in [1.54, 1.807) is 6.07 Å². The number of hydrogen-bond acceptors (Lipinski definition) is 3. The summed E-state index contributed by atoms with van der Waals surface area (Å²) in [5.74, 6) is -0.776. The SMILES string of the molecule is Cc1ccc(C2=C(SCc3ccccc3)C(=O)N(c3cccc(F)c3)C2=O)c(C)c1. The molecule has 0 aromatic heterocycles. The highest BCUT2D eigenvalue weighted by atomic mass is 32.2. The molecular weight excluding hydrogens is 397 g/mol. The zero-order valence-corrected chi connectivity index (χ0v) is 17.5. The molecule has 0 unspecified atom stereocenters. The molecule has 3 aromatic rings. The number of anilines is 1. The van der Waals surface area contributed by atoms with Crippen LogP contribution in [0, 0.1) is 19.7 Å². The summed E-state index contributed by atoms with van der Waals surface area (Å²) in [4.78, 5) is 28.2. The molecule has 3 aromatic carbocycles. The monoisotopic (exact) mass is 417 g/mol. The maximum absolute atomic E-state index is 13.8. The van der Waals surface area contributed by atoms with E-state index in [0.29, 0.717) is 16.2 Å². The van der Waals surface area contributed by atoms with Gasteiger partial charge in [0, 0.05) is 5.75 Å². The lowest BCUT2D eigenvalue weighted by Gasteiger charge is -2.15. The minimum atomic E-state index is -0.494. The first kappa shape index (κ1) is 20.1. The highest BCUT2D eigenvalue weighted by molar-refractivity contribution is 8.03. The number of amides is 2. The van der Waals surface area contributed by atoms with Crippen LogP contribution in [-0.4, -0.2) is 11.8 Å². The fraction of sp³-hybridized carbons (Fsp3) is 0.120. The van der Waals surface area contributed by atoms with E-state index < -0.39 is 17.6 Å². The molecule has 0 N–H and O–H groups in total. The fourth-order valence-electron chi connectivity index (χ4n) is 3.55. The van der Waals surface area contributed by atoms with Gasteiger partial charge in [-0.1, -0.05) is 60.2 Å². The van der Waals surface area contributed by atoms with Crippen molar-refractivity contribution in [1.29, 1.82) is 0 Å². The zero-order chi connectivity index (χ0) is 21.3. The Bertz CT molecular complexity index is 1170. The number of carbonyl (C=O) groups is 2. The molecule has 0 radical (unpaired) electrons. The van der Waals surface area contributed by atoms with E-state index >= 15 is 0 Å². The van der Waals surface area contributed by atoms with Crippen molar-refractivity contribution in [3.05, 3.63) is 106 Å². The summed E-state index contributed by atoms with van der Waals surface area (Å²) in [6.45, 7) is 3.91. The van der Waals surface area contributed by atoms with Gasteiger partial charge in [-0.25, -0.2) is 9.29 Å². The molecule has 0 saturated carbocycles. The zero-order valence-electron chi connectivity index (χ0n) is 16.7. The van der Waals surface area contributed by atoms with Crippen LogP contribution in [-0.2, 0) is 15.3 Å². The first-order chi connectivity index (χ1) is 14.5. The molecule has 0 aliphatic carbocycles. The molecule has 0 spiro atoms. The van der Waals surface area contributed by atoms with Crippen LogP contribution in [0.15, 0.2) is 77.7 Å². The molecule has 0 fully saturated rings. The smallest absolute Gasteiger partial charge is 0.268 e. The van der Waals surface area contributed by atoms with Gasteiger partial charge < -0.3 is 0 Å². The molecule has 3 nitrogen and oxygen atoms in total. The Kier molecular flexibility index (Phi) is 5.55. The van der Waals surface area contributed by atoms with Gasteiger partial charge >= 0.3 is 0 Å². The summed E-state index contributed by atoms with van der Waals surface area (Å²) in [5.41, 5.74) is 4.40. The van der Waals surface area contributed by atoms with Gasteiger partial charge in [-0.3, -0.25) is 9.59 Å². The van der Waals surface area contributed by atoms with Gasteiger partial charge in [0.1, 0.15) is 5.82 Å². The van der Waals surface area contributed by atoms with Crippen molar-refractivity contribution >= 4 is 34.8 Å². The standard InChI is InChI=1S/C25H20FNO2S/c1-16-11-12-21(17(2)13-16)22-23(30-15-18-7-4-3-5-8-18)25(29)27(24(22)28)20-10-6-9-19(26)14-20/h3-14H,15H2,1-2H3. The Morgan fingerprint density at radius 2 is 1.63 bits per heavy atom. The molecule has 150 valence electrons. The van der Waals surface area contributed by atoms with Crippen LogP contribution in [0.25, 0.3) is 5.57 Å². The van der Waals surface area contributed by atoms with E-state index in [1.165, 1.54) is 30.0 Å². The summed E-state index contributed by atoms with van der Waals surface area (Å²) in [7, 11) is 0. The summed E-state index contributed by atoms with van der Waals surface area (Å²) in [6.07, 6.45) is 0. The van der Waals surface area contributed by atoms with Crippen LogP contribution in [0.4, 0.5) is 10.1 Å². The molecule has 1 heterocycles. The summed E-state index contributed by atoms with van der Waals surface area (Å²) in [6, 6.07) is 21.1. The third kappa shape index (κ3) is 3.81. The minimum Gasteiger partial charge on any atom is -0.268 e. The Morgan fingerprint density at radius 1 is 0.867 bits per heavy atom. The Labute approximate surface area is 179 Å². The average molecular weight is 418 g/mol. The van der Waals surface area contributed by atoms with Crippen molar-refractivity contribution in [2.75, 3.05) is 4.90 Å². The Morgan fingerprint density at radius 3 is 2.33 bits per heavy atom. The molecule has 30 heavy (non-hydrogen) atoms. The van der Waals surface area contributed by atoms with Gasteiger partial charge in [-0.2, -0.15) is 0 Å². The van der Waals surface area contributed by atoms with Gasteiger partial charge in [0.05, 0.1) is 16.2 Å². The summed E-state index contributed by atoms with van der Waals surface area (Å²) in [5, 5.41) is 0. The highest BCUT2D eigenvalue weighted by Crippen LogP contribution is 2.40. The van der Waals surface area contributed by atoms with Gasteiger partial charge in [0.25, 0.3) is 11.8 Å². The van der Waals surface area contributed by atoms with Crippen molar-refractivity contribution in [1.82, 2.24) is 0 Å². The number of rotatable bonds is 5. The predicted molar refractivity (Wildman–Crippen MR) is 119 cm³/mol. The second-order valence-electron chi connectivity index (χ2n) is 7.22. The van der Waals surface area contributed by atoms with E-state index in [9.17, 15) is 14.0 Å². The molecule has 1 aliphatic heterocycles. The number of benzene rings is 3. The minimum absolute atomic E-state index is 0.238. The number of aryl methyl sites for hydroxylation is 2. The molecule has 5 heteroatoms. The summed E-state index contributed by atoms with van der Waals surface area (Å²) < 4.78 is 13.8. The fourth-order valence-corrected chi connectivity index (χ4v) is 4.61. The van der Waals surface area contributed by atoms with Crippen LogP contribution in [0.1, 0.15) is 22.3 Å². The first-order valence-corrected chi connectivity index (χ1v) is 10.6. The van der Waals surface area contributed by atoms with Crippen molar-refractivity contribution in [2.45, 2.75) is 19.6 Å². The largest absolute Gasteiger partial charge is 0.272 e. The molecular formula is C25H20FNO2S. The lowest BCUT2D eigenvalue weighted by Crippen LogP contribution is -2.31. The second kappa shape index (κ2) is 8.28. The van der Waals surface area contributed by atoms with Crippen molar-refractivity contribution in [2.24, 2.45) is 0 Å². The van der Waals surface area contributed by atoms with E-state index in [4.69, 9.17) is 0 Å². The first-order valence-electron chi connectivity index (χ1n) is 9.58. The van der Waals surface area contributed by atoms with Crippen molar-refractivity contribution in [3.63, 3.8) is 0 Å². The number of halogens is 1. The molecule has 1 aliphatic rings. The maximum atomic E-state index is 13.8. The van der Waals surface area contributed by atoms with E-state index in [2.05, 4.69) is 0 Å². The molecule has 0 bridgehead atoms. The number of hydrogen-bond donors (Lipinski definition) is 0. The number of imide groups is 1. The molecule has 0 atom stereocenters. The van der Waals surface area contributed by atoms with Crippen LogP contribution in [0.3, 0.4) is 0 Å². The van der Waals surface area contributed by atoms with E-state index in [0.717, 1.165) is 27.2 Å². The quantitative estimate of drug-likeness (QED) is 0.503. The van der Waals surface area contributed by atoms with Crippen LogP contribution < -0.4 is 4.90 Å². The Hall–Kier alpha value is -3.18. The Balaban J connectivity index is 1.79. The van der Waals surface area contributed by atoms with E-state index in [-0.39, 0.29) is 5.69 Å². The van der Waals surface area contributed by atoms with Crippen molar-refractivity contribution < 1.29 is 14.0 Å². The summed E-state index contributed by atoms with van der Waals surface area (Å²) >= 11 is 1.34. The maximum Gasteiger partial charge on any atom is 0.272 e. The second-order valence-corrected chi connectivity index (χ2v) is 8.21. The van der Waals surface area contributed by atoms with Crippen LogP contribution >= 0.6 is 11.8 Å². The van der Waals surface area contributed by atoms with Gasteiger partial charge in [-0.05, 0) is 48.7 Å². The third-order valence-corrected chi connectivity index (χ3v) is 6.13. The lowest BCUT2D eigenvalue weighted by molar-refractivity contribution is -0.119. The molecule has 4 rings (SSSR count). The third-order valence-electron chi connectivity index (χ3n) is 4.98. The normalized spacial score (nSPS) is 14.0. The number of nitrogens with zero attached hydrogens (tertiary/aromatic N) is 1. The average Bonchev–Trinajstić information content (AvgIpc) is 2.97. The molecule has 2 amide bonds. The van der Waals surface area contributed by atoms with Gasteiger partial charge in [-0.15, -0.1) is 11.8 Å². The van der Waals surface area contributed by atoms with Crippen LogP contribution in [0.5, 0.6) is 0 Å². The van der Waals surface area contributed by atoms with Gasteiger partial charge in [0.2, 0.25) is 0 Å². The number of carbonyl (C=O) groups excluding carboxylic acids is 2.